The molecule has 0 saturated heterocycles. The molecular formula is C15H22O. The van der Waals surface area contributed by atoms with Crippen LogP contribution in [-0.2, 0) is 5.41 Å². The van der Waals surface area contributed by atoms with E-state index in [1.807, 2.05) is 0 Å². The smallest absolute Gasteiger partial charge is 0.0599 e. The van der Waals surface area contributed by atoms with E-state index >= 15 is 0 Å². The summed E-state index contributed by atoms with van der Waals surface area (Å²) in [4.78, 5) is 0. The first kappa shape index (κ1) is 11.7. The Labute approximate surface area is 98.5 Å². The molecule has 88 valence electrons. The zero-order chi connectivity index (χ0) is 12.0. The summed E-state index contributed by atoms with van der Waals surface area (Å²) in [5.74, 6) is 0. The third kappa shape index (κ3) is 1.49. The van der Waals surface area contributed by atoms with Crippen molar-refractivity contribution in [2.24, 2.45) is 5.41 Å². The lowest BCUT2D eigenvalue weighted by Gasteiger charge is -2.40. The molecule has 0 amide bonds. The third-order valence-electron chi connectivity index (χ3n) is 4.86. The van der Waals surface area contributed by atoms with E-state index in [-0.39, 0.29) is 16.9 Å². The molecule has 16 heavy (non-hydrogen) atoms. The van der Waals surface area contributed by atoms with Crippen molar-refractivity contribution < 1.29 is 5.11 Å². The van der Waals surface area contributed by atoms with Gasteiger partial charge in [-0.3, -0.25) is 0 Å². The van der Waals surface area contributed by atoms with Crippen molar-refractivity contribution in [2.45, 2.75) is 52.1 Å². The number of benzene rings is 1. The molecule has 0 bridgehead atoms. The molecule has 0 radical (unpaired) electrons. The molecule has 1 aromatic carbocycles. The fourth-order valence-electron chi connectivity index (χ4n) is 2.91. The summed E-state index contributed by atoms with van der Waals surface area (Å²) in [6.07, 6.45) is 1.81. The normalized spacial score (nSPS) is 32.9. The van der Waals surface area contributed by atoms with Gasteiger partial charge in [0.15, 0.2) is 0 Å². The van der Waals surface area contributed by atoms with Crippen LogP contribution in [0.5, 0.6) is 0 Å². The highest BCUT2D eigenvalue weighted by molar-refractivity contribution is 5.32. The maximum atomic E-state index is 10.1. The zero-order valence-corrected chi connectivity index (χ0v) is 10.7. The Kier molecular flexibility index (Phi) is 2.62. The monoisotopic (exact) mass is 218 g/mol. The number of aliphatic hydroxyl groups excluding tert-OH is 1. The Hall–Kier alpha value is -0.820. The summed E-state index contributed by atoms with van der Waals surface area (Å²) in [5, 5.41) is 10.1. The second-order valence-corrected chi connectivity index (χ2v) is 5.97. The molecule has 1 N–H and O–H groups in total. The van der Waals surface area contributed by atoms with Crippen molar-refractivity contribution in [3.63, 3.8) is 0 Å². The first-order chi connectivity index (χ1) is 7.38. The Morgan fingerprint density at radius 2 is 1.69 bits per heavy atom. The highest BCUT2D eigenvalue weighted by Crippen LogP contribution is 2.53. The Bertz CT molecular complexity index is 377. The fraction of sp³-hybridized carbons (Fsp3) is 0.600. The number of rotatable bonds is 1. The molecule has 0 heterocycles. The molecule has 1 nitrogen and oxygen atoms in total. The van der Waals surface area contributed by atoms with Crippen molar-refractivity contribution in [3.05, 3.63) is 35.4 Å². The molecule has 0 aromatic heterocycles. The van der Waals surface area contributed by atoms with E-state index in [2.05, 4.69) is 52.0 Å². The van der Waals surface area contributed by atoms with Crippen LogP contribution in [0.15, 0.2) is 24.3 Å². The van der Waals surface area contributed by atoms with Crippen LogP contribution in [0.25, 0.3) is 0 Å². The van der Waals surface area contributed by atoms with Gasteiger partial charge in [-0.15, -0.1) is 0 Å². The Morgan fingerprint density at radius 3 is 2.12 bits per heavy atom. The van der Waals surface area contributed by atoms with Crippen molar-refractivity contribution >= 4 is 0 Å². The van der Waals surface area contributed by atoms with E-state index in [0.29, 0.717) is 0 Å². The van der Waals surface area contributed by atoms with E-state index in [1.54, 1.807) is 0 Å². The average molecular weight is 218 g/mol. The summed E-state index contributed by atoms with van der Waals surface area (Å²) in [5.41, 5.74) is 2.71. The van der Waals surface area contributed by atoms with Crippen LogP contribution in [-0.4, -0.2) is 11.2 Å². The number of aliphatic hydroxyl groups is 1. The molecule has 1 aliphatic carbocycles. The summed E-state index contributed by atoms with van der Waals surface area (Å²) in [6.45, 7) is 8.77. The lowest BCUT2D eigenvalue weighted by Crippen LogP contribution is -2.40. The first-order valence-electron chi connectivity index (χ1n) is 6.13. The molecule has 1 saturated carbocycles. The van der Waals surface area contributed by atoms with Crippen molar-refractivity contribution in [3.8, 4) is 0 Å². The summed E-state index contributed by atoms with van der Waals surface area (Å²) in [7, 11) is 0. The zero-order valence-electron chi connectivity index (χ0n) is 10.7. The summed E-state index contributed by atoms with van der Waals surface area (Å²) in [6, 6.07) is 8.77. The lowest BCUT2D eigenvalue weighted by atomic mass is 9.64. The number of aryl methyl sites for hydroxylation is 1. The highest BCUT2D eigenvalue weighted by atomic mass is 16.3. The molecule has 1 aliphatic rings. The molecule has 2 rings (SSSR count). The number of hydrogen-bond donors (Lipinski definition) is 1. The second-order valence-electron chi connectivity index (χ2n) is 5.97. The molecule has 2 atom stereocenters. The quantitative estimate of drug-likeness (QED) is 0.765. The molecular weight excluding hydrogens is 196 g/mol. The number of hydrogen-bond acceptors (Lipinski definition) is 1. The van der Waals surface area contributed by atoms with E-state index in [0.717, 1.165) is 12.8 Å². The van der Waals surface area contributed by atoms with Crippen LogP contribution in [0.2, 0.25) is 0 Å². The van der Waals surface area contributed by atoms with Crippen LogP contribution in [0.1, 0.15) is 44.7 Å². The molecule has 0 aliphatic heterocycles. The van der Waals surface area contributed by atoms with Gasteiger partial charge in [0, 0.05) is 10.8 Å². The van der Waals surface area contributed by atoms with Crippen molar-refractivity contribution in [2.75, 3.05) is 0 Å². The molecule has 1 fully saturated rings. The van der Waals surface area contributed by atoms with E-state index in [9.17, 15) is 5.11 Å². The van der Waals surface area contributed by atoms with Gasteiger partial charge in [0.05, 0.1) is 6.10 Å². The summed E-state index contributed by atoms with van der Waals surface area (Å²) >= 11 is 0. The predicted molar refractivity (Wildman–Crippen MR) is 67.6 cm³/mol. The van der Waals surface area contributed by atoms with Gasteiger partial charge in [0.25, 0.3) is 0 Å². The van der Waals surface area contributed by atoms with Crippen LogP contribution in [0.3, 0.4) is 0 Å². The molecule has 1 heteroatoms. The van der Waals surface area contributed by atoms with Gasteiger partial charge in [-0.25, -0.2) is 0 Å². The minimum Gasteiger partial charge on any atom is -0.393 e. The third-order valence-corrected chi connectivity index (χ3v) is 4.86. The molecule has 0 spiro atoms. The van der Waals surface area contributed by atoms with Crippen LogP contribution in [0.4, 0.5) is 0 Å². The largest absolute Gasteiger partial charge is 0.393 e. The van der Waals surface area contributed by atoms with Gasteiger partial charge in [0.2, 0.25) is 0 Å². The SMILES string of the molecule is Cc1ccc(C2(C)CCC(O)C2(C)C)cc1. The average Bonchev–Trinajstić information content (AvgIpc) is 2.44. The maximum absolute atomic E-state index is 10.1. The van der Waals surface area contributed by atoms with E-state index in [1.165, 1.54) is 11.1 Å². The minimum atomic E-state index is -0.182. The van der Waals surface area contributed by atoms with Crippen molar-refractivity contribution in [1.82, 2.24) is 0 Å². The second kappa shape index (κ2) is 3.59. The predicted octanol–water partition coefficient (Wildman–Crippen LogP) is 3.43. The lowest BCUT2D eigenvalue weighted by molar-refractivity contribution is 0.0450. The maximum Gasteiger partial charge on any atom is 0.0599 e. The van der Waals surface area contributed by atoms with E-state index < -0.39 is 0 Å². The minimum absolute atomic E-state index is 0.0394. The standard InChI is InChI=1S/C15H22O/c1-11-5-7-12(8-6-11)15(4)10-9-13(16)14(15,2)3/h5-8,13,16H,9-10H2,1-4H3. The van der Waals surface area contributed by atoms with Crippen LogP contribution >= 0.6 is 0 Å². The molecule has 2 unspecified atom stereocenters. The van der Waals surface area contributed by atoms with Gasteiger partial charge in [-0.1, -0.05) is 50.6 Å². The van der Waals surface area contributed by atoms with Gasteiger partial charge < -0.3 is 5.11 Å². The fourth-order valence-corrected chi connectivity index (χ4v) is 2.91. The van der Waals surface area contributed by atoms with Gasteiger partial charge in [0.1, 0.15) is 0 Å². The summed E-state index contributed by atoms with van der Waals surface area (Å²) < 4.78 is 0. The van der Waals surface area contributed by atoms with E-state index in [4.69, 9.17) is 0 Å². The topological polar surface area (TPSA) is 20.2 Å². The molecule has 1 aromatic rings. The van der Waals surface area contributed by atoms with Crippen LogP contribution in [0, 0.1) is 12.3 Å². The van der Waals surface area contributed by atoms with Crippen molar-refractivity contribution in [1.29, 1.82) is 0 Å². The van der Waals surface area contributed by atoms with Crippen LogP contribution < -0.4 is 0 Å². The first-order valence-corrected chi connectivity index (χ1v) is 6.13. The highest BCUT2D eigenvalue weighted by Gasteiger charge is 2.51. The Morgan fingerprint density at radius 1 is 1.12 bits per heavy atom. The van der Waals surface area contributed by atoms with Gasteiger partial charge in [-0.05, 0) is 25.3 Å². The van der Waals surface area contributed by atoms with Gasteiger partial charge >= 0.3 is 0 Å². The Balaban J connectivity index is 2.43. The van der Waals surface area contributed by atoms with Gasteiger partial charge in [-0.2, -0.15) is 0 Å².